The minimum atomic E-state index is 0.255. The molecule has 4 heteroatoms. The van der Waals surface area contributed by atoms with Crippen LogP contribution in [0, 0.1) is 5.92 Å². The number of rotatable bonds is 6. The topological polar surface area (TPSA) is 44.4 Å². The molecular weight excluding hydrogens is 238 g/mol. The quantitative estimate of drug-likeness (QED) is 0.714. The lowest BCUT2D eigenvalue weighted by Gasteiger charge is -2.26. The van der Waals surface area contributed by atoms with Gasteiger partial charge in [0.1, 0.15) is 0 Å². The molecule has 0 spiro atoms. The van der Waals surface area contributed by atoms with E-state index < -0.39 is 0 Å². The molecule has 110 valence electrons. The van der Waals surface area contributed by atoms with Crippen LogP contribution >= 0.6 is 0 Å². The van der Waals surface area contributed by atoms with E-state index in [1.54, 1.807) is 0 Å². The van der Waals surface area contributed by atoms with Crippen molar-refractivity contribution >= 4 is 5.91 Å². The lowest BCUT2D eigenvalue weighted by molar-refractivity contribution is -0.122. The Morgan fingerprint density at radius 3 is 2.63 bits per heavy atom. The number of likely N-dealkylation sites (tertiary alicyclic amines) is 1. The van der Waals surface area contributed by atoms with Gasteiger partial charge >= 0.3 is 0 Å². The molecule has 2 aliphatic heterocycles. The third-order valence-corrected chi connectivity index (χ3v) is 4.35. The summed E-state index contributed by atoms with van der Waals surface area (Å²) < 4.78 is 0. The molecule has 0 aromatic heterocycles. The van der Waals surface area contributed by atoms with Gasteiger partial charge in [0.15, 0.2) is 0 Å². The molecule has 4 nitrogen and oxygen atoms in total. The molecule has 0 atom stereocenters. The van der Waals surface area contributed by atoms with Gasteiger partial charge in [-0.15, -0.1) is 0 Å². The van der Waals surface area contributed by atoms with Gasteiger partial charge in [-0.2, -0.15) is 0 Å². The summed E-state index contributed by atoms with van der Waals surface area (Å²) in [5.41, 5.74) is 0. The number of hydrogen-bond acceptors (Lipinski definition) is 3. The van der Waals surface area contributed by atoms with Crippen molar-refractivity contribution in [3.63, 3.8) is 0 Å². The van der Waals surface area contributed by atoms with E-state index in [9.17, 15) is 4.79 Å². The first-order valence-corrected chi connectivity index (χ1v) is 8.04. The Kier molecular flexibility index (Phi) is 6.65. The van der Waals surface area contributed by atoms with Crippen molar-refractivity contribution in [3.05, 3.63) is 0 Å². The molecule has 0 aromatic rings. The maximum absolute atomic E-state index is 11.8. The summed E-state index contributed by atoms with van der Waals surface area (Å²) in [6.45, 7) is 6.65. The van der Waals surface area contributed by atoms with E-state index in [4.69, 9.17) is 0 Å². The van der Waals surface area contributed by atoms with E-state index in [1.807, 2.05) is 0 Å². The molecule has 2 rings (SSSR count). The van der Waals surface area contributed by atoms with Gasteiger partial charge in [0, 0.05) is 13.0 Å². The van der Waals surface area contributed by atoms with Crippen LogP contribution in [0.2, 0.25) is 0 Å². The number of hydrogen-bond donors (Lipinski definition) is 2. The van der Waals surface area contributed by atoms with Crippen molar-refractivity contribution in [2.75, 3.05) is 39.3 Å². The molecular formula is C15H29N3O. The lowest BCUT2D eigenvalue weighted by atomic mass is 9.94. The number of carbonyl (C=O) groups is 1. The van der Waals surface area contributed by atoms with Crippen LogP contribution < -0.4 is 10.6 Å². The highest BCUT2D eigenvalue weighted by Crippen LogP contribution is 2.15. The molecule has 2 saturated heterocycles. The second-order valence-electron chi connectivity index (χ2n) is 6.00. The lowest BCUT2D eigenvalue weighted by Crippen LogP contribution is -2.35. The summed E-state index contributed by atoms with van der Waals surface area (Å²) in [6.07, 6.45) is 8.22. The van der Waals surface area contributed by atoms with Gasteiger partial charge in [-0.1, -0.05) is 6.42 Å². The van der Waals surface area contributed by atoms with Crippen LogP contribution in [0.15, 0.2) is 0 Å². The van der Waals surface area contributed by atoms with E-state index in [-0.39, 0.29) is 5.91 Å². The molecule has 19 heavy (non-hydrogen) atoms. The largest absolute Gasteiger partial charge is 0.356 e. The van der Waals surface area contributed by atoms with Crippen LogP contribution in [-0.2, 0) is 4.79 Å². The number of nitrogens with one attached hydrogen (secondary N) is 2. The number of piperidine rings is 2. The Balaban J connectivity index is 1.48. The van der Waals surface area contributed by atoms with Crippen LogP contribution in [0.4, 0.5) is 0 Å². The van der Waals surface area contributed by atoms with Gasteiger partial charge in [-0.05, 0) is 70.7 Å². The first-order chi connectivity index (χ1) is 9.34. The highest BCUT2D eigenvalue weighted by Gasteiger charge is 2.16. The minimum Gasteiger partial charge on any atom is -0.356 e. The third kappa shape index (κ3) is 5.91. The summed E-state index contributed by atoms with van der Waals surface area (Å²) in [4.78, 5) is 14.3. The number of amides is 1. The minimum absolute atomic E-state index is 0.255. The maximum Gasteiger partial charge on any atom is 0.220 e. The molecule has 2 heterocycles. The molecule has 0 unspecified atom stereocenters. The van der Waals surface area contributed by atoms with Crippen molar-refractivity contribution in [1.29, 1.82) is 0 Å². The van der Waals surface area contributed by atoms with Crippen LogP contribution in [0.3, 0.4) is 0 Å². The summed E-state index contributed by atoms with van der Waals surface area (Å²) in [7, 11) is 0. The molecule has 0 bridgehead atoms. The van der Waals surface area contributed by atoms with E-state index in [0.29, 0.717) is 5.92 Å². The zero-order chi connectivity index (χ0) is 13.3. The molecule has 0 radical (unpaired) electrons. The number of carbonyl (C=O) groups excluding carboxylic acids is 1. The van der Waals surface area contributed by atoms with Gasteiger partial charge in [-0.3, -0.25) is 4.79 Å². The second kappa shape index (κ2) is 8.54. The van der Waals surface area contributed by atoms with Crippen LogP contribution in [-0.4, -0.2) is 50.1 Å². The average molecular weight is 267 g/mol. The fourth-order valence-electron chi connectivity index (χ4n) is 3.13. The predicted molar refractivity (Wildman–Crippen MR) is 78.1 cm³/mol. The molecule has 2 N–H and O–H groups in total. The van der Waals surface area contributed by atoms with Crippen LogP contribution in [0.5, 0.6) is 0 Å². The zero-order valence-corrected chi connectivity index (χ0v) is 12.1. The first kappa shape index (κ1) is 14.8. The second-order valence-corrected chi connectivity index (χ2v) is 6.00. The summed E-state index contributed by atoms with van der Waals surface area (Å²) >= 11 is 0. The highest BCUT2D eigenvalue weighted by atomic mass is 16.1. The van der Waals surface area contributed by atoms with Gasteiger partial charge in [-0.25, -0.2) is 0 Å². The van der Waals surface area contributed by atoms with E-state index in [2.05, 4.69) is 15.5 Å². The van der Waals surface area contributed by atoms with Crippen molar-refractivity contribution in [1.82, 2.24) is 15.5 Å². The Hall–Kier alpha value is -0.610. The van der Waals surface area contributed by atoms with Gasteiger partial charge < -0.3 is 15.5 Å². The standard InChI is InChI=1S/C15H29N3O/c19-15(13-14-5-8-16-9-6-14)17-7-4-12-18-10-2-1-3-11-18/h14,16H,1-13H2,(H,17,19). The summed E-state index contributed by atoms with van der Waals surface area (Å²) in [5, 5.41) is 6.42. The number of nitrogens with zero attached hydrogens (tertiary/aromatic N) is 1. The Bertz CT molecular complexity index is 258. The van der Waals surface area contributed by atoms with Gasteiger partial charge in [0.25, 0.3) is 0 Å². The first-order valence-electron chi connectivity index (χ1n) is 8.04. The highest BCUT2D eigenvalue weighted by molar-refractivity contribution is 5.76. The smallest absolute Gasteiger partial charge is 0.220 e. The Morgan fingerprint density at radius 1 is 1.16 bits per heavy atom. The molecule has 2 aliphatic rings. The normalized spacial score (nSPS) is 22.3. The Labute approximate surface area is 117 Å². The van der Waals surface area contributed by atoms with E-state index in [0.717, 1.165) is 51.9 Å². The van der Waals surface area contributed by atoms with Gasteiger partial charge in [0.05, 0.1) is 0 Å². The third-order valence-electron chi connectivity index (χ3n) is 4.35. The van der Waals surface area contributed by atoms with Crippen molar-refractivity contribution in [2.24, 2.45) is 5.92 Å². The van der Waals surface area contributed by atoms with Crippen LogP contribution in [0.25, 0.3) is 0 Å². The van der Waals surface area contributed by atoms with E-state index in [1.165, 1.54) is 32.4 Å². The molecule has 0 saturated carbocycles. The molecule has 2 fully saturated rings. The van der Waals surface area contributed by atoms with Crippen molar-refractivity contribution < 1.29 is 4.79 Å². The molecule has 0 aromatic carbocycles. The molecule has 0 aliphatic carbocycles. The SMILES string of the molecule is O=C(CC1CCNCC1)NCCCN1CCCCC1. The molecule has 1 amide bonds. The van der Waals surface area contributed by atoms with Crippen molar-refractivity contribution in [3.8, 4) is 0 Å². The zero-order valence-electron chi connectivity index (χ0n) is 12.1. The van der Waals surface area contributed by atoms with E-state index >= 15 is 0 Å². The maximum atomic E-state index is 11.8. The fourth-order valence-corrected chi connectivity index (χ4v) is 3.13. The Morgan fingerprint density at radius 2 is 1.89 bits per heavy atom. The van der Waals surface area contributed by atoms with Gasteiger partial charge in [0.2, 0.25) is 5.91 Å². The fraction of sp³-hybridized carbons (Fsp3) is 0.933. The van der Waals surface area contributed by atoms with Crippen LogP contribution in [0.1, 0.15) is 44.9 Å². The predicted octanol–water partition coefficient (Wildman–Crippen LogP) is 1.37. The monoisotopic (exact) mass is 267 g/mol. The summed E-state index contributed by atoms with van der Waals surface area (Å²) in [5.74, 6) is 0.855. The average Bonchev–Trinajstić information content (AvgIpc) is 2.46. The van der Waals surface area contributed by atoms with Crippen molar-refractivity contribution in [2.45, 2.75) is 44.9 Å². The summed E-state index contributed by atoms with van der Waals surface area (Å²) in [6, 6.07) is 0.